The van der Waals surface area contributed by atoms with E-state index in [0.29, 0.717) is 18.6 Å². The summed E-state index contributed by atoms with van der Waals surface area (Å²) in [5.41, 5.74) is -4.74. The molecule has 1 saturated carbocycles. The number of alkyl halides is 8. The number of carbonyl (C=O) groups is 3. The Morgan fingerprint density at radius 1 is 0.870 bits per heavy atom. The van der Waals surface area contributed by atoms with Gasteiger partial charge in [0.15, 0.2) is 5.78 Å². The Kier molecular flexibility index (Phi) is 10.2. The van der Waals surface area contributed by atoms with Crippen LogP contribution in [0.25, 0.3) is 0 Å². The van der Waals surface area contributed by atoms with Crippen molar-refractivity contribution in [3.8, 4) is 0 Å². The molecule has 3 aromatic carbocycles. The van der Waals surface area contributed by atoms with E-state index in [0.717, 1.165) is 18.2 Å². The van der Waals surface area contributed by atoms with Gasteiger partial charge in [0, 0.05) is 42.0 Å². The molecule has 1 aliphatic rings. The highest BCUT2D eigenvalue weighted by atomic mass is 35.5. The Bertz CT molecular complexity index is 1670. The lowest BCUT2D eigenvalue weighted by molar-refractivity contribution is -0.143. The molecule has 3 aromatic rings. The molecule has 0 saturated heterocycles. The summed E-state index contributed by atoms with van der Waals surface area (Å²) in [5, 5.41) is 2.26. The summed E-state index contributed by atoms with van der Waals surface area (Å²) in [4.78, 5) is 38.2. The number of halogens is 11. The third kappa shape index (κ3) is 7.66. The lowest BCUT2D eigenvalue weighted by atomic mass is 9.97. The molecule has 15 heteroatoms. The van der Waals surface area contributed by atoms with Crippen molar-refractivity contribution >= 4 is 58.0 Å². The Morgan fingerprint density at radius 3 is 2.04 bits per heavy atom. The number of Topliss-reactive ketones (excluding diaryl/α,β-unsaturated/α-hetero) is 2. The maximum absolute atomic E-state index is 15.1. The predicted molar refractivity (Wildman–Crippen MR) is 155 cm³/mol. The number of ketones is 2. The second kappa shape index (κ2) is 13.1. The van der Waals surface area contributed by atoms with E-state index in [1.54, 1.807) is 6.92 Å². The SMILES string of the molecule is CCCC(=O)Cc1c(F)ccc(CC(=O)c2cc(NC(=O)C3C(c4cc(C(F)(F)F)cc(C(F)(F)F)c4)C3(Cl)Cl)ccc2Cl)c1F. The molecule has 0 heterocycles. The van der Waals surface area contributed by atoms with Crippen molar-refractivity contribution in [2.45, 2.75) is 55.2 Å². The van der Waals surface area contributed by atoms with Gasteiger partial charge in [0.1, 0.15) is 21.8 Å². The van der Waals surface area contributed by atoms with E-state index >= 15 is 4.39 Å². The third-order valence-corrected chi connectivity index (χ3v) is 8.63. The van der Waals surface area contributed by atoms with Crippen LogP contribution in [0, 0.1) is 17.6 Å². The minimum Gasteiger partial charge on any atom is -0.326 e. The molecular formula is C31H22Cl3F8NO3. The zero-order valence-electron chi connectivity index (χ0n) is 23.5. The number of hydrogen-bond acceptors (Lipinski definition) is 3. The molecule has 4 rings (SSSR count). The highest BCUT2D eigenvalue weighted by Gasteiger charge is 2.68. The van der Waals surface area contributed by atoms with E-state index < -0.39 is 86.9 Å². The molecule has 1 amide bonds. The van der Waals surface area contributed by atoms with E-state index in [9.17, 15) is 45.1 Å². The second-order valence-corrected chi connectivity index (χ2v) is 12.6. The molecule has 0 aliphatic heterocycles. The largest absolute Gasteiger partial charge is 0.416 e. The summed E-state index contributed by atoms with van der Waals surface area (Å²) in [7, 11) is 0. The molecule has 0 bridgehead atoms. The molecule has 1 fully saturated rings. The van der Waals surface area contributed by atoms with Crippen molar-refractivity contribution in [2.24, 2.45) is 5.92 Å². The van der Waals surface area contributed by atoms with Crippen LogP contribution in [0.15, 0.2) is 48.5 Å². The second-order valence-electron chi connectivity index (χ2n) is 10.7. The molecule has 0 radical (unpaired) electrons. The van der Waals surface area contributed by atoms with E-state index in [1.165, 1.54) is 12.1 Å². The number of rotatable bonds is 10. The fourth-order valence-corrected chi connectivity index (χ4v) is 6.09. The van der Waals surface area contributed by atoms with Gasteiger partial charge in [-0.3, -0.25) is 14.4 Å². The Morgan fingerprint density at radius 2 is 1.48 bits per heavy atom. The van der Waals surface area contributed by atoms with Crippen LogP contribution < -0.4 is 5.32 Å². The van der Waals surface area contributed by atoms with Crippen LogP contribution in [-0.4, -0.2) is 21.8 Å². The van der Waals surface area contributed by atoms with Gasteiger partial charge < -0.3 is 5.32 Å². The van der Waals surface area contributed by atoms with Crippen LogP contribution in [-0.2, 0) is 34.8 Å². The van der Waals surface area contributed by atoms with Crippen LogP contribution >= 0.6 is 34.8 Å². The number of carbonyl (C=O) groups excluding carboxylic acids is 3. The number of hydrogen-bond donors (Lipinski definition) is 1. The molecule has 0 spiro atoms. The molecule has 4 nitrogen and oxygen atoms in total. The first-order valence-corrected chi connectivity index (χ1v) is 14.7. The van der Waals surface area contributed by atoms with Crippen molar-refractivity contribution in [1.29, 1.82) is 0 Å². The molecule has 246 valence electrons. The van der Waals surface area contributed by atoms with Crippen molar-refractivity contribution in [3.63, 3.8) is 0 Å². The zero-order chi connectivity index (χ0) is 34.4. The average Bonchev–Trinajstić information content (AvgIpc) is 3.54. The summed E-state index contributed by atoms with van der Waals surface area (Å²) in [5.74, 6) is -7.08. The first-order valence-electron chi connectivity index (χ1n) is 13.5. The summed E-state index contributed by atoms with van der Waals surface area (Å²) in [6.45, 7) is 1.73. The highest BCUT2D eigenvalue weighted by Crippen LogP contribution is 2.65. The molecule has 46 heavy (non-hydrogen) atoms. The van der Waals surface area contributed by atoms with Crippen molar-refractivity contribution in [1.82, 2.24) is 0 Å². The fourth-order valence-electron chi connectivity index (χ4n) is 5.04. The average molecular weight is 715 g/mol. The lowest BCUT2D eigenvalue weighted by Gasteiger charge is -2.14. The zero-order valence-corrected chi connectivity index (χ0v) is 25.8. The van der Waals surface area contributed by atoms with E-state index in [-0.39, 0.29) is 40.1 Å². The molecule has 2 atom stereocenters. The Balaban J connectivity index is 1.56. The van der Waals surface area contributed by atoms with Gasteiger partial charge in [0.2, 0.25) is 5.91 Å². The summed E-state index contributed by atoms with van der Waals surface area (Å²) in [6.07, 6.45) is -10.8. The van der Waals surface area contributed by atoms with Gasteiger partial charge in [-0.05, 0) is 60.0 Å². The number of benzene rings is 3. The monoisotopic (exact) mass is 713 g/mol. The van der Waals surface area contributed by atoms with Gasteiger partial charge in [0.05, 0.1) is 22.1 Å². The quantitative estimate of drug-likeness (QED) is 0.129. The van der Waals surface area contributed by atoms with E-state index in [2.05, 4.69) is 5.32 Å². The van der Waals surface area contributed by atoms with Gasteiger partial charge in [-0.15, -0.1) is 23.2 Å². The smallest absolute Gasteiger partial charge is 0.326 e. The summed E-state index contributed by atoms with van der Waals surface area (Å²) in [6, 6.07) is 6.35. The van der Waals surface area contributed by atoms with Crippen LogP contribution in [0.4, 0.5) is 40.8 Å². The molecule has 0 aromatic heterocycles. The van der Waals surface area contributed by atoms with E-state index in [1.807, 2.05) is 0 Å². The minimum absolute atomic E-state index is 0.0675. The van der Waals surface area contributed by atoms with Crippen LogP contribution in [0.2, 0.25) is 5.02 Å². The topological polar surface area (TPSA) is 63.2 Å². The normalized spacial score (nSPS) is 17.5. The van der Waals surface area contributed by atoms with Crippen LogP contribution in [0.5, 0.6) is 0 Å². The van der Waals surface area contributed by atoms with Crippen molar-refractivity contribution < 1.29 is 49.5 Å². The first kappa shape index (κ1) is 35.6. The fraction of sp³-hybridized carbons (Fsp3) is 0.323. The molecule has 2 unspecified atom stereocenters. The third-order valence-electron chi connectivity index (χ3n) is 7.36. The molecule has 1 aliphatic carbocycles. The minimum atomic E-state index is -5.14. The van der Waals surface area contributed by atoms with Crippen molar-refractivity contribution in [3.05, 3.63) is 98.6 Å². The van der Waals surface area contributed by atoms with Gasteiger partial charge in [0.25, 0.3) is 0 Å². The maximum atomic E-state index is 15.1. The van der Waals surface area contributed by atoms with Gasteiger partial charge in [-0.25, -0.2) is 8.78 Å². The number of amides is 1. The highest BCUT2D eigenvalue weighted by molar-refractivity contribution is 6.53. The Hall–Kier alpha value is -3.22. The van der Waals surface area contributed by atoms with Crippen LogP contribution in [0.1, 0.15) is 63.9 Å². The first-order chi connectivity index (χ1) is 21.2. The molecular weight excluding hydrogens is 693 g/mol. The number of anilines is 1. The van der Waals surface area contributed by atoms with Gasteiger partial charge in [-0.1, -0.05) is 24.6 Å². The Labute approximate surface area is 272 Å². The van der Waals surface area contributed by atoms with Crippen LogP contribution in [0.3, 0.4) is 0 Å². The lowest BCUT2D eigenvalue weighted by Crippen LogP contribution is -2.18. The number of nitrogens with one attached hydrogen (secondary N) is 1. The van der Waals surface area contributed by atoms with E-state index in [4.69, 9.17) is 34.8 Å². The maximum Gasteiger partial charge on any atom is 0.416 e. The van der Waals surface area contributed by atoms with Gasteiger partial charge in [-0.2, -0.15) is 26.3 Å². The van der Waals surface area contributed by atoms with Gasteiger partial charge >= 0.3 is 12.4 Å². The predicted octanol–water partition coefficient (Wildman–Crippen LogP) is 9.52. The summed E-state index contributed by atoms with van der Waals surface area (Å²) >= 11 is 18.5. The molecule has 1 N–H and O–H groups in total. The van der Waals surface area contributed by atoms with Crippen molar-refractivity contribution in [2.75, 3.05) is 5.32 Å². The standard InChI is InChI=1S/C31H22Cl3F8NO3/c1-2-3-19(44)13-21-23(35)7-4-14(27(21)36)10-24(45)20-12-18(5-6-22(20)32)43-28(46)26-25(29(26,33)34)15-8-16(30(37,38)39)11-17(9-15)31(40,41)42/h4-9,11-12,25-26H,2-3,10,13H2,1H3,(H,43,46). The summed E-state index contributed by atoms with van der Waals surface area (Å²) < 4.78 is 108.